The van der Waals surface area contributed by atoms with Crippen LogP contribution in [0.4, 0.5) is 5.82 Å². The molecule has 182 valence electrons. The van der Waals surface area contributed by atoms with E-state index in [-0.39, 0.29) is 0 Å². The third-order valence-corrected chi connectivity index (χ3v) is 6.33. The van der Waals surface area contributed by atoms with E-state index in [0.29, 0.717) is 6.61 Å². The lowest BCUT2D eigenvalue weighted by Gasteiger charge is -2.26. The van der Waals surface area contributed by atoms with Gasteiger partial charge in [-0.25, -0.2) is 9.97 Å². The highest BCUT2D eigenvalue weighted by Crippen LogP contribution is 2.28. The molecule has 0 spiro atoms. The standard InChI is InChI=1S/C18H27NO.C11H13N3/c1-3-12-20-18-7-5-4-6-17(18)14-19-13-16-10-8-15(2)9-11-16;1-8-12-10-7-5-4-6-9(10)11(13-8)14(2)3/h3-7,15-16,19H,1,8-14H2,2H3;4-7H,1-3H3. The fraction of sp³-hybridized carbons (Fsp3) is 0.448. The van der Waals surface area contributed by atoms with Crippen LogP contribution >= 0.6 is 0 Å². The van der Waals surface area contributed by atoms with E-state index in [0.717, 1.165) is 53.2 Å². The molecule has 2 aromatic carbocycles. The number of para-hydroxylation sites is 2. The van der Waals surface area contributed by atoms with Crippen LogP contribution in [0.1, 0.15) is 44.0 Å². The first kappa shape index (κ1) is 25.7. The maximum absolute atomic E-state index is 5.68. The minimum Gasteiger partial charge on any atom is -0.489 e. The summed E-state index contributed by atoms with van der Waals surface area (Å²) in [6.07, 6.45) is 7.33. The Bertz CT molecular complexity index is 1040. The summed E-state index contributed by atoms with van der Waals surface area (Å²) in [5.41, 5.74) is 2.24. The summed E-state index contributed by atoms with van der Waals surface area (Å²) < 4.78 is 5.68. The molecule has 1 saturated carbocycles. The molecule has 1 aliphatic rings. The Morgan fingerprint density at radius 1 is 1.03 bits per heavy atom. The molecule has 0 atom stereocenters. The number of aryl methyl sites for hydroxylation is 1. The number of ether oxygens (including phenoxy) is 1. The van der Waals surface area contributed by atoms with E-state index in [1.54, 1.807) is 6.08 Å². The number of hydrogen-bond acceptors (Lipinski definition) is 5. The number of nitrogens with one attached hydrogen (secondary N) is 1. The van der Waals surface area contributed by atoms with Gasteiger partial charge in [-0.15, -0.1) is 0 Å². The summed E-state index contributed by atoms with van der Waals surface area (Å²) in [6.45, 7) is 10.6. The lowest BCUT2D eigenvalue weighted by molar-refractivity contribution is 0.281. The van der Waals surface area contributed by atoms with Crippen molar-refractivity contribution >= 4 is 16.7 Å². The van der Waals surface area contributed by atoms with E-state index in [1.165, 1.54) is 31.2 Å². The smallest absolute Gasteiger partial charge is 0.139 e. The van der Waals surface area contributed by atoms with Gasteiger partial charge in [0.05, 0.1) is 5.52 Å². The van der Waals surface area contributed by atoms with Gasteiger partial charge in [0.2, 0.25) is 0 Å². The molecule has 4 rings (SSSR count). The Morgan fingerprint density at radius 2 is 1.74 bits per heavy atom. The van der Waals surface area contributed by atoms with E-state index in [1.807, 2.05) is 62.3 Å². The number of fused-ring (bicyclic) bond motifs is 1. The Hall–Kier alpha value is -2.92. The Balaban J connectivity index is 0.000000202. The SMILES string of the molecule is C=CCOc1ccccc1CNCC1CCC(C)CC1.Cc1nc(N(C)C)c2ccccc2n1. The summed E-state index contributed by atoms with van der Waals surface area (Å²) in [5, 5.41) is 4.70. The zero-order valence-corrected chi connectivity index (χ0v) is 21.3. The highest BCUT2D eigenvalue weighted by atomic mass is 16.5. The average Bonchev–Trinajstić information content (AvgIpc) is 2.84. The predicted octanol–water partition coefficient (Wildman–Crippen LogP) is 6.17. The third-order valence-electron chi connectivity index (χ3n) is 6.33. The number of rotatable bonds is 8. The molecule has 1 fully saturated rings. The van der Waals surface area contributed by atoms with Crippen molar-refractivity contribution in [3.8, 4) is 5.75 Å². The van der Waals surface area contributed by atoms with Crippen LogP contribution in [0.25, 0.3) is 10.9 Å². The van der Waals surface area contributed by atoms with Crippen molar-refractivity contribution in [2.24, 2.45) is 11.8 Å². The molecule has 1 N–H and O–H groups in total. The van der Waals surface area contributed by atoms with Crippen LogP contribution in [-0.2, 0) is 6.54 Å². The Morgan fingerprint density at radius 3 is 2.47 bits per heavy atom. The van der Waals surface area contributed by atoms with Gasteiger partial charge >= 0.3 is 0 Å². The minimum absolute atomic E-state index is 0.567. The maximum atomic E-state index is 5.68. The highest BCUT2D eigenvalue weighted by molar-refractivity contribution is 5.89. The van der Waals surface area contributed by atoms with Crippen molar-refractivity contribution in [3.05, 3.63) is 72.6 Å². The first-order chi connectivity index (χ1) is 16.5. The highest BCUT2D eigenvalue weighted by Gasteiger charge is 2.17. The largest absolute Gasteiger partial charge is 0.489 e. The summed E-state index contributed by atoms with van der Waals surface area (Å²) >= 11 is 0. The van der Waals surface area contributed by atoms with E-state index in [2.05, 4.69) is 40.9 Å². The van der Waals surface area contributed by atoms with Gasteiger partial charge in [-0.3, -0.25) is 0 Å². The summed E-state index contributed by atoms with van der Waals surface area (Å²) in [6, 6.07) is 16.3. The number of benzene rings is 2. The third kappa shape index (κ3) is 7.56. The molecule has 1 aromatic heterocycles. The monoisotopic (exact) mass is 460 g/mol. The number of nitrogens with zero attached hydrogens (tertiary/aromatic N) is 3. The Kier molecular flexibility index (Phi) is 9.89. The lowest BCUT2D eigenvalue weighted by Crippen LogP contribution is -2.25. The molecule has 34 heavy (non-hydrogen) atoms. The molecular weight excluding hydrogens is 420 g/mol. The molecule has 5 heteroatoms. The van der Waals surface area contributed by atoms with Crippen molar-refractivity contribution in [1.29, 1.82) is 0 Å². The second-order valence-corrected chi connectivity index (χ2v) is 9.47. The lowest BCUT2D eigenvalue weighted by atomic mass is 9.83. The summed E-state index contributed by atoms with van der Waals surface area (Å²) in [5.74, 6) is 4.55. The number of anilines is 1. The van der Waals surface area contributed by atoms with Crippen LogP contribution in [0.15, 0.2) is 61.2 Å². The summed E-state index contributed by atoms with van der Waals surface area (Å²) in [4.78, 5) is 10.8. The van der Waals surface area contributed by atoms with Crippen LogP contribution in [0.5, 0.6) is 5.75 Å². The first-order valence-corrected chi connectivity index (χ1v) is 12.4. The molecule has 3 aromatic rings. The predicted molar refractivity (Wildman–Crippen MR) is 144 cm³/mol. The van der Waals surface area contributed by atoms with Gasteiger partial charge in [0.15, 0.2) is 0 Å². The van der Waals surface area contributed by atoms with Crippen molar-refractivity contribution < 1.29 is 4.74 Å². The first-order valence-electron chi connectivity index (χ1n) is 12.4. The van der Waals surface area contributed by atoms with Crippen molar-refractivity contribution in [2.45, 2.75) is 46.1 Å². The number of aromatic nitrogens is 2. The molecule has 0 saturated heterocycles. The van der Waals surface area contributed by atoms with Gasteiger partial charge in [0.25, 0.3) is 0 Å². The fourth-order valence-electron chi connectivity index (χ4n) is 4.40. The molecule has 0 bridgehead atoms. The second kappa shape index (κ2) is 13.1. The fourth-order valence-corrected chi connectivity index (χ4v) is 4.40. The molecule has 1 aliphatic carbocycles. The molecule has 0 radical (unpaired) electrons. The van der Waals surface area contributed by atoms with Gasteiger partial charge in [-0.2, -0.15) is 0 Å². The van der Waals surface area contributed by atoms with Gasteiger partial charge in [-0.1, -0.05) is 62.8 Å². The van der Waals surface area contributed by atoms with Gasteiger partial charge in [0, 0.05) is 31.6 Å². The maximum Gasteiger partial charge on any atom is 0.139 e. The van der Waals surface area contributed by atoms with E-state index >= 15 is 0 Å². The van der Waals surface area contributed by atoms with E-state index < -0.39 is 0 Å². The molecular formula is C29H40N4O. The van der Waals surface area contributed by atoms with E-state index in [9.17, 15) is 0 Å². The van der Waals surface area contributed by atoms with Crippen molar-refractivity contribution in [2.75, 3.05) is 32.1 Å². The molecule has 0 aliphatic heterocycles. The van der Waals surface area contributed by atoms with Crippen LogP contribution in [0, 0.1) is 18.8 Å². The molecule has 1 heterocycles. The van der Waals surface area contributed by atoms with Crippen LogP contribution in [-0.4, -0.2) is 37.2 Å². The van der Waals surface area contributed by atoms with Crippen LogP contribution in [0.2, 0.25) is 0 Å². The normalized spacial score (nSPS) is 17.5. The molecule has 0 amide bonds. The second-order valence-electron chi connectivity index (χ2n) is 9.47. The van der Waals surface area contributed by atoms with Crippen molar-refractivity contribution in [1.82, 2.24) is 15.3 Å². The molecule has 0 unspecified atom stereocenters. The van der Waals surface area contributed by atoms with Crippen LogP contribution < -0.4 is 15.0 Å². The van der Waals surface area contributed by atoms with E-state index in [4.69, 9.17) is 4.74 Å². The van der Waals surface area contributed by atoms with Crippen LogP contribution in [0.3, 0.4) is 0 Å². The van der Waals surface area contributed by atoms with Crippen molar-refractivity contribution in [3.63, 3.8) is 0 Å². The number of hydrogen-bond donors (Lipinski definition) is 1. The quantitative estimate of drug-likeness (QED) is 0.407. The minimum atomic E-state index is 0.567. The van der Waals surface area contributed by atoms with Gasteiger partial charge < -0.3 is 15.0 Å². The summed E-state index contributed by atoms with van der Waals surface area (Å²) in [7, 11) is 3.99. The molecule has 5 nitrogen and oxygen atoms in total. The Labute approximate surface area is 205 Å². The zero-order valence-electron chi connectivity index (χ0n) is 21.3. The zero-order chi connectivity index (χ0) is 24.3. The van der Waals surface area contributed by atoms with Gasteiger partial charge in [-0.05, 0) is 56.3 Å². The topological polar surface area (TPSA) is 50.3 Å². The average molecular weight is 461 g/mol. The van der Waals surface area contributed by atoms with Gasteiger partial charge in [0.1, 0.15) is 24.0 Å².